The molecule has 1 aliphatic rings. The van der Waals surface area contributed by atoms with Crippen LogP contribution >= 0.6 is 0 Å². The van der Waals surface area contributed by atoms with E-state index in [-0.39, 0.29) is 6.54 Å². The second-order valence-electron chi connectivity index (χ2n) is 2.94. The highest BCUT2D eigenvalue weighted by Crippen LogP contribution is 2.32. The fraction of sp³-hybridized carbons (Fsp3) is 0.200. The van der Waals surface area contributed by atoms with Crippen molar-refractivity contribution in [2.75, 3.05) is 6.54 Å². The molecule has 1 unspecified atom stereocenters. The monoisotopic (exact) mass is 193 g/mol. The number of hydrogen-bond donors (Lipinski definition) is 2. The van der Waals surface area contributed by atoms with E-state index in [1.54, 1.807) is 12.1 Å². The summed E-state index contributed by atoms with van der Waals surface area (Å²) in [5, 5.41) is 9.41. The van der Waals surface area contributed by atoms with Crippen molar-refractivity contribution in [3.05, 3.63) is 36.3 Å². The number of hydrogen-bond acceptors (Lipinski definition) is 4. The highest BCUT2D eigenvalue weighted by atomic mass is 16.6. The van der Waals surface area contributed by atoms with E-state index in [1.165, 1.54) is 6.26 Å². The SMILES string of the molecule is NCC(O)C1=COc2ccccc2O1. The fourth-order valence-electron chi connectivity index (χ4n) is 1.17. The summed E-state index contributed by atoms with van der Waals surface area (Å²) in [6.45, 7) is 0.108. The number of aliphatic hydroxyl groups is 1. The molecular formula is C10H11NO3. The van der Waals surface area contributed by atoms with Gasteiger partial charge in [0.25, 0.3) is 0 Å². The largest absolute Gasteiger partial charge is 0.457 e. The molecule has 0 saturated carbocycles. The summed E-state index contributed by atoms with van der Waals surface area (Å²) in [6, 6.07) is 7.24. The highest BCUT2D eigenvalue weighted by Gasteiger charge is 2.18. The molecule has 1 heterocycles. The summed E-state index contributed by atoms with van der Waals surface area (Å²) in [6.07, 6.45) is 0.559. The van der Waals surface area contributed by atoms with Crippen LogP contribution in [0.5, 0.6) is 11.5 Å². The number of nitrogens with two attached hydrogens (primary N) is 1. The van der Waals surface area contributed by atoms with Crippen LogP contribution in [0.2, 0.25) is 0 Å². The Kier molecular flexibility index (Phi) is 2.39. The molecule has 0 bridgehead atoms. The van der Waals surface area contributed by atoms with Crippen LogP contribution < -0.4 is 15.2 Å². The van der Waals surface area contributed by atoms with Crippen LogP contribution in [0.25, 0.3) is 0 Å². The van der Waals surface area contributed by atoms with Gasteiger partial charge >= 0.3 is 0 Å². The van der Waals surface area contributed by atoms with Crippen LogP contribution in [-0.4, -0.2) is 17.8 Å². The van der Waals surface area contributed by atoms with Crippen LogP contribution in [0, 0.1) is 0 Å². The Morgan fingerprint density at radius 1 is 1.29 bits per heavy atom. The molecule has 0 spiro atoms. The molecule has 4 heteroatoms. The maximum absolute atomic E-state index is 9.41. The fourth-order valence-corrected chi connectivity index (χ4v) is 1.17. The van der Waals surface area contributed by atoms with Crippen molar-refractivity contribution in [1.29, 1.82) is 0 Å². The lowest BCUT2D eigenvalue weighted by Gasteiger charge is -2.20. The molecular weight excluding hydrogens is 182 g/mol. The molecule has 4 nitrogen and oxygen atoms in total. The molecule has 0 aliphatic carbocycles. The number of para-hydroxylation sites is 2. The van der Waals surface area contributed by atoms with E-state index in [9.17, 15) is 5.11 Å². The average Bonchev–Trinajstić information content (AvgIpc) is 2.27. The van der Waals surface area contributed by atoms with Crippen LogP contribution in [-0.2, 0) is 0 Å². The van der Waals surface area contributed by atoms with E-state index in [2.05, 4.69) is 0 Å². The first-order valence-corrected chi connectivity index (χ1v) is 4.33. The zero-order valence-corrected chi connectivity index (χ0v) is 7.51. The number of aliphatic hydroxyl groups excluding tert-OH is 1. The van der Waals surface area contributed by atoms with Crippen LogP contribution in [0.15, 0.2) is 36.3 Å². The lowest BCUT2D eigenvalue weighted by molar-refractivity contribution is 0.152. The van der Waals surface area contributed by atoms with E-state index in [0.717, 1.165) is 0 Å². The van der Waals surface area contributed by atoms with Crippen LogP contribution in [0.4, 0.5) is 0 Å². The van der Waals surface area contributed by atoms with Gasteiger partial charge < -0.3 is 20.3 Å². The highest BCUT2D eigenvalue weighted by molar-refractivity contribution is 5.43. The van der Waals surface area contributed by atoms with E-state index >= 15 is 0 Å². The van der Waals surface area contributed by atoms with Gasteiger partial charge in [-0.3, -0.25) is 0 Å². The van der Waals surface area contributed by atoms with Gasteiger partial charge in [0.2, 0.25) is 0 Å². The lowest BCUT2D eigenvalue weighted by Crippen LogP contribution is -2.26. The number of ether oxygens (including phenoxy) is 2. The van der Waals surface area contributed by atoms with Crippen molar-refractivity contribution in [2.24, 2.45) is 5.73 Å². The Bertz CT molecular complexity index is 362. The van der Waals surface area contributed by atoms with Gasteiger partial charge in [0.15, 0.2) is 17.3 Å². The minimum atomic E-state index is -0.816. The molecule has 3 N–H and O–H groups in total. The smallest absolute Gasteiger partial charge is 0.169 e. The summed E-state index contributed by atoms with van der Waals surface area (Å²) in [7, 11) is 0. The van der Waals surface area contributed by atoms with E-state index < -0.39 is 6.10 Å². The van der Waals surface area contributed by atoms with Crippen LogP contribution in [0.1, 0.15) is 0 Å². The van der Waals surface area contributed by atoms with Gasteiger partial charge in [0, 0.05) is 6.54 Å². The zero-order valence-electron chi connectivity index (χ0n) is 7.51. The van der Waals surface area contributed by atoms with E-state index in [1.807, 2.05) is 12.1 Å². The normalized spacial score (nSPS) is 16.0. The van der Waals surface area contributed by atoms with Gasteiger partial charge in [-0.05, 0) is 12.1 Å². The molecule has 14 heavy (non-hydrogen) atoms. The maximum atomic E-state index is 9.41. The maximum Gasteiger partial charge on any atom is 0.169 e. The Morgan fingerprint density at radius 2 is 2.00 bits per heavy atom. The zero-order chi connectivity index (χ0) is 9.97. The molecule has 0 aromatic heterocycles. The molecule has 1 atom stereocenters. The molecule has 0 amide bonds. The molecule has 0 radical (unpaired) electrons. The lowest BCUT2D eigenvalue weighted by atomic mass is 10.2. The van der Waals surface area contributed by atoms with Crippen LogP contribution in [0.3, 0.4) is 0 Å². The van der Waals surface area contributed by atoms with Crippen molar-refractivity contribution in [1.82, 2.24) is 0 Å². The summed E-state index contributed by atoms with van der Waals surface area (Å²) in [5.41, 5.74) is 5.30. The van der Waals surface area contributed by atoms with Gasteiger partial charge in [-0.1, -0.05) is 12.1 Å². The number of rotatable bonds is 2. The van der Waals surface area contributed by atoms with Crippen molar-refractivity contribution in [2.45, 2.75) is 6.10 Å². The second kappa shape index (κ2) is 3.69. The Labute approximate surface area is 81.6 Å². The Hall–Kier alpha value is -1.52. The quantitative estimate of drug-likeness (QED) is 0.722. The molecule has 0 fully saturated rings. The van der Waals surface area contributed by atoms with Gasteiger partial charge in [-0.25, -0.2) is 0 Å². The average molecular weight is 193 g/mol. The summed E-state index contributed by atoms with van der Waals surface area (Å²) >= 11 is 0. The van der Waals surface area contributed by atoms with Crippen molar-refractivity contribution in [3.63, 3.8) is 0 Å². The Morgan fingerprint density at radius 3 is 2.71 bits per heavy atom. The van der Waals surface area contributed by atoms with Gasteiger partial charge in [0.05, 0.1) is 0 Å². The molecule has 74 valence electrons. The molecule has 1 aliphatic heterocycles. The van der Waals surface area contributed by atoms with Crippen molar-refractivity contribution < 1.29 is 14.6 Å². The standard InChI is InChI=1S/C10H11NO3/c11-5-7(12)10-6-13-8-3-1-2-4-9(8)14-10/h1-4,6-7,12H,5,11H2. The van der Waals surface area contributed by atoms with E-state index in [4.69, 9.17) is 15.2 Å². The predicted molar refractivity (Wildman–Crippen MR) is 50.8 cm³/mol. The minimum absolute atomic E-state index is 0.108. The third-order valence-corrected chi connectivity index (χ3v) is 1.93. The van der Waals surface area contributed by atoms with Gasteiger partial charge in [-0.2, -0.15) is 0 Å². The Balaban J connectivity index is 2.21. The molecule has 2 rings (SSSR count). The first-order valence-electron chi connectivity index (χ1n) is 4.33. The molecule has 0 saturated heterocycles. The van der Waals surface area contributed by atoms with Gasteiger partial charge in [0.1, 0.15) is 12.4 Å². The summed E-state index contributed by atoms with van der Waals surface area (Å²) in [4.78, 5) is 0. The minimum Gasteiger partial charge on any atom is -0.457 e. The molecule has 1 aromatic carbocycles. The third-order valence-electron chi connectivity index (χ3n) is 1.93. The predicted octanol–water partition coefficient (Wildman–Crippen LogP) is 0.619. The van der Waals surface area contributed by atoms with Crippen molar-refractivity contribution >= 4 is 0 Å². The third kappa shape index (κ3) is 1.57. The summed E-state index contributed by atoms with van der Waals surface area (Å²) < 4.78 is 10.6. The van der Waals surface area contributed by atoms with Crippen molar-refractivity contribution in [3.8, 4) is 11.5 Å². The topological polar surface area (TPSA) is 64.7 Å². The van der Waals surface area contributed by atoms with E-state index in [0.29, 0.717) is 17.3 Å². The number of benzene rings is 1. The molecule has 1 aromatic rings. The first kappa shape index (κ1) is 9.05. The first-order chi connectivity index (χ1) is 6.81. The second-order valence-corrected chi connectivity index (χ2v) is 2.94. The van der Waals surface area contributed by atoms with Gasteiger partial charge in [-0.15, -0.1) is 0 Å². The number of fused-ring (bicyclic) bond motifs is 1. The summed E-state index contributed by atoms with van der Waals surface area (Å²) in [5.74, 6) is 1.57.